The molecular formula is C22H17FO2S. The second kappa shape index (κ2) is 6.81. The lowest BCUT2D eigenvalue weighted by Gasteiger charge is -2.11. The van der Waals surface area contributed by atoms with Crippen LogP contribution in [0.2, 0.25) is 0 Å². The van der Waals surface area contributed by atoms with Crippen LogP contribution in [-0.4, -0.2) is 14.2 Å². The van der Waals surface area contributed by atoms with Crippen LogP contribution in [0.5, 0.6) is 11.5 Å². The average Bonchev–Trinajstić information content (AvgIpc) is 3.07. The summed E-state index contributed by atoms with van der Waals surface area (Å²) < 4.78 is 26.2. The van der Waals surface area contributed by atoms with Gasteiger partial charge in [0.25, 0.3) is 0 Å². The summed E-state index contributed by atoms with van der Waals surface area (Å²) in [4.78, 5) is 1.06. The maximum atomic E-state index is 14.4. The molecule has 26 heavy (non-hydrogen) atoms. The topological polar surface area (TPSA) is 18.5 Å². The van der Waals surface area contributed by atoms with Crippen molar-refractivity contribution in [1.82, 2.24) is 0 Å². The van der Waals surface area contributed by atoms with Crippen molar-refractivity contribution < 1.29 is 13.9 Å². The number of fused-ring (bicyclic) bond motifs is 1. The van der Waals surface area contributed by atoms with E-state index in [1.165, 1.54) is 13.2 Å². The number of ether oxygens (including phenoxy) is 2. The van der Waals surface area contributed by atoms with Gasteiger partial charge in [0.2, 0.25) is 0 Å². The first-order valence-electron chi connectivity index (χ1n) is 8.21. The summed E-state index contributed by atoms with van der Waals surface area (Å²) in [6, 6.07) is 21.2. The zero-order chi connectivity index (χ0) is 18.1. The molecule has 0 amide bonds. The second-order valence-corrected chi connectivity index (χ2v) is 6.90. The summed E-state index contributed by atoms with van der Waals surface area (Å²) in [7, 11) is 3.14. The smallest absolute Gasteiger partial charge is 0.165 e. The van der Waals surface area contributed by atoms with E-state index < -0.39 is 0 Å². The van der Waals surface area contributed by atoms with Gasteiger partial charge < -0.3 is 9.47 Å². The summed E-state index contributed by atoms with van der Waals surface area (Å²) in [6.07, 6.45) is 0. The van der Waals surface area contributed by atoms with Crippen molar-refractivity contribution in [1.29, 1.82) is 0 Å². The Morgan fingerprint density at radius 1 is 0.808 bits per heavy atom. The Bertz CT molecular complexity index is 1080. The van der Waals surface area contributed by atoms with E-state index in [9.17, 15) is 4.39 Å². The van der Waals surface area contributed by atoms with Crippen LogP contribution in [0, 0.1) is 5.82 Å². The highest BCUT2D eigenvalue weighted by molar-refractivity contribution is 7.23. The molecule has 0 spiro atoms. The minimum Gasteiger partial charge on any atom is -0.496 e. The van der Waals surface area contributed by atoms with Crippen LogP contribution in [0.25, 0.3) is 31.7 Å². The van der Waals surface area contributed by atoms with Crippen molar-refractivity contribution in [3.8, 4) is 33.1 Å². The quantitative estimate of drug-likeness (QED) is 0.418. The zero-order valence-electron chi connectivity index (χ0n) is 14.5. The number of halogens is 1. The highest BCUT2D eigenvalue weighted by Gasteiger charge is 2.19. The van der Waals surface area contributed by atoms with Crippen LogP contribution in [0.15, 0.2) is 66.7 Å². The standard InChI is InChI=1S/C22H17FO2S/c1-24-18-9-5-3-7-15(18)22-21(16-8-4-6-10-20(16)26-22)14-11-12-19(25-2)17(23)13-14/h3-13H,1-2H3. The summed E-state index contributed by atoms with van der Waals surface area (Å²) in [5.74, 6) is 0.674. The van der Waals surface area contributed by atoms with Gasteiger partial charge in [-0.05, 0) is 35.9 Å². The molecule has 0 unspecified atom stereocenters. The summed E-state index contributed by atoms with van der Waals surface area (Å²) in [5.41, 5.74) is 2.83. The summed E-state index contributed by atoms with van der Waals surface area (Å²) >= 11 is 1.68. The average molecular weight is 364 g/mol. The van der Waals surface area contributed by atoms with Crippen LogP contribution in [0.3, 0.4) is 0 Å². The number of thiophene rings is 1. The first-order chi connectivity index (χ1) is 12.7. The predicted octanol–water partition coefficient (Wildman–Crippen LogP) is 6.39. The van der Waals surface area contributed by atoms with Gasteiger partial charge >= 0.3 is 0 Å². The van der Waals surface area contributed by atoms with Crippen molar-refractivity contribution in [2.75, 3.05) is 14.2 Å². The van der Waals surface area contributed by atoms with Crippen molar-refractivity contribution in [2.24, 2.45) is 0 Å². The highest BCUT2D eigenvalue weighted by atomic mass is 32.1. The SMILES string of the molecule is COc1ccc(-c2c(-c3ccccc3OC)sc3ccccc23)cc1F. The number of benzene rings is 3. The van der Waals surface area contributed by atoms with Gasteiger partial charge in [0.1, 0.15) is 5.75 Å². The Hall–Kier alpha value is -2.85. The Morgan fingerprint density at radius 2 is 1.54 bits per heavy atom. The second-order valence-electron chi connectivity index (χ2n) is 5.85. The molecule has 1 aromatic heterocycles. The third-order valence-electron chi connectivity index (χ3n) is 4.39. The lowest BCUT2D eigenvalue weighted by molar-refractivity contribution is 0.386. The maximum absolute atomic E-state index is 14.4. The lowest BCUT2D eigenvalue weighted by atomic mass is 9.98. The molecule has 3 aromatic carbocycles. The Balaban J connectivity index is 2.03. The molecule has 0 fully saturated rings. The summed E-state index contributed by atoms with van der Waals surface area (Å²) in [5, 5.41) is 1.10. The van der Waals surface area contributed by atoms with Crippen molar-refractivity contribution in [3.63, 3.8) is 0 Å². The third-order valence-corrected chi connectivity index (χ3v) is 5.59. The largest absolute Gasteiger partial charge is 0.496 e. The molecule has 130 valence electrons. The third kappa shape index (κ3) is 2.72. The van der Waals surface area contributed by atoms with E-state index in [0.29, 0.717) is 0 Å². The van der Waals surface area contributed by atoms with E-state index in [1.54, 1.807) is 24.5 Å². The Kier molecular flexibility index (Phi) is 4.35. The number of rotatable bonds is 4. The van der Waals surface area contributed by atoms with Gasteiger partial charge in [0.05, 0.1) is 14.2 Å². The molecular weight excluding hydrogens is 347 g/mol. The zero-order valence-corrected chi connectivity index (χ0v) is 15.3. The van der Waals surface area contributed by atoms with Gasteiger partial charge in [-0.1, -0.05) is 36.4 Å². The first kappa shape index (κ1) is 16.6. The number of hydrogen-bond donors (Lipinski definition) is 0. The van der Waals surface area contributed by atoms with Crippen LogP contribution in [-0.2, 0) is 0 Å². The Labute approximate surface area is 155 Å². The van der Waals surface area contributed by atoms with E-state index in [4.69, 9.17) is 9.47 Å². The van der Waals surface area contributed by atoms with Crippen molar-refractivity contribution in [2.45, 2.75) is 0 Å². The fraction of sp³-hybridized carbons (Fsp3) is 0.0909. The fourth-order valence-electron chi connectivity index (χ4n) is 3.18. The van der Waals surface area contributed by atoms with Gasteiger partial charge in [-0.3, -0.25) is 0 Å². The highest BCUT2D eigenvalue weighted by Crippen LogP contribution is 2.47. The number of hydrogen-bond acceptors (Lipinski definition) is 3. The molecule has 0 bridgehead atoms. The monoisotopic (exact) mass is 364 g/mol. The normalized spacial score (nSPS) is 10.9. The van der Waals surface area contributed by atoms with Gasteiger partial charge in [-0.2, -0.15) is 0 Å². The molecule has 0 radical (unpaired) electrons. The fourth-order valence-corrected chi connectivity index (χ4v) is 4.43. The number of para-hydroxylation sites is 1. The summed E-state index contributed by atoms with van der Waals surface area (Å²) in [6.45, 7) is 0. The first-order valence-corrected chi connectivity index (χ1v) is 9.03. The van der Waals surface area contributed by atoms with Gasteiger partial charge in [-0.15, -0.1) is 11.3 Å². The minimum atomic E-state index is -0.369. The molecule has 0 saturated heterocycles. The van der Waals surface area contributed by atoms with Crippen LogP contribution < -0.4 is 9.47 Å². The van der Waals surface area contributed by atoms with E-state index in [0.717, 1.165) is 37.4 Å². The molecule has 0 aliphatic heterocycles. The molecule has 1 heterocycles. The molecule has 4 rings (SSSR count). The molecule has 2 nitrogen and oxygen atoms in total. The van der Waals surface area contributed by atoms with E-state index in [2.05, 4.69) is 12.1 Å². The lowest BCUT2D eigenvalue weighted by Crippen LogP contribution is -1.90. The van der Waals surface area contributed by atoms with Crippen molar-refractivity contribution in [3.05, 3.63) is 72.5 Å². The van der Waals surface area contributed by atoms with E-state index in [-0.39, 0.29) is 11.6 Å². The van der Waals surface area contributed by atoms with Gasteiger partial charge in [-0.25, -0.2) is 4.39 Å². The number of methoxy groups -OCH3 is 2. The molecule has 0 aliphatic carbocycles. The Morgan fingerprint density at radius 3 is 2.31 bits per heavy atom. The van der Waals surface area contributed by atoms with Gasteiger partial charge in [0.15, 0.2) is 11.6 Å². The molecule has 0 saturated carbocycles. The van der Waals surface area contributed by atoms with Crippen molar-refractivity contribution >= 4 is 21.4 Å². The van der Waals surface area contributed by atoms with Crippen LogP contribution in [0.4, 0.5) is 4.39 Å². The van der Waals surface area contributed by atoms with E-state index in [1.807, 2.05) is 42.5 Å². The molecule has 0 atom stereocenters. The van der Waals surface area contributed by atoms with Crippen LogP contribution in [0.1, 0.15) is 0 Å². The predicted molar refractivity (Wildman–Crippen MR) is 106 cm³/mol. The maximum Gasteiger partial charge on any atom is 0.165 e. The molecule has 4 heteroatoms. The molecule has 4 aromatic rings. The molecule has 0 N–H and O–H groups in total. The molecule has 0 aliphatic rings. The van der Waals surface area contributed by atoms with Gasteiger partial charge in [0, 0.05) is 26.1 Å². The minimum absolute atomic E-state index is 0.243. The van der Waals surface area contributed by atoms with Crippen LogP contribution >= 0.6 is 11.3 Å². The van der Waals surface area contributed by atoms with E-state index >= 15 is 0 Å².